The largest absolute Gasteiger partial charge is 0.417 e. The minimum absolute atomic E-state index is 0.0245. The third kappa shape index (κ3) is 20.7. The first-order valence-electron chi connectivity index (χ1n) is 37.6. The van der Waals surface area contributed by atoms with Crippen molar-refractivity contribution < 1.29 is 79.5 Å². The Morgan fingerprint density at radius 3 is 1.85 bits per heavy atom. The van der Waals surface area contributed by atoms with Gasteiger partial charge in [0.2, 0.25) is 70.9 Å². The summed E-state index contributed by atoms with van der Waals surface area (Å²) in [5.41, 5.74) is -2.66. The van der Waals surface area contributed by atoms with Crippen LogP contribution >= 0.6 is 11.6 Å². The van der Waals surface area contributed by atoms with Crippen LogP contribution in [0.5, 0.6) is 0 Å². The Labute approximate surface area is 620 Å². The molecule has 12 amide bonds. The predicted octanol–water partition coefficient (Wildman–Crippen LogP) is 5.96. The van der Waals surface area contributed by atoms with Gasteiger partial charge < -0.3 is 60.0 Å². The summed E-state index contributed by atoms with van der Waals surface area (Å²) >= 11 is 6.18. The minimum Gasteiger partial charge on any atom is -0.343 e. The van der Waals surface area contributed by atoms with Crippen molar-refractivity contribution in [3.05, 3.63) is 34.3 Å². The fourth-order valence-electron chi connectivity index (χ4n) is 15.8. The van der Waals surface area contributed by atoms with Crippen molar-refractivity contribution >= 4 is 82.5 Å². The molecule has 105 heavy (non-hydrogen) atoms. The summed E-state index contributed by atoms with van der Waals surface area (Å²) in [6.45, 7) is 9.29. The smallest absolute Gasteiger partial charge is 0.343 e. The van der Waals surface area contributed by atoms with Crippen molar-refractivity contribution in [2.75, 3.05) is 95.1 Å². The van der Waals surface area contributed by atoms with Gasteiger partial charge in [-0.25, -0.2) is 8.78 Å². The number of carbonyl (C=O) groups excluding carboxylic acids is 12. The number of amides is 12. The maximum absolute atomic E-state index is 15.6. The highest BCUT2D eigenvalue weighted by atomic mass is 35.5. The van der Waals surface area contributed by atoms with Gasteiger partial charge in [-0.2, -0.15) is 13.2 Å². The highest BCUT2D eigenvalue weighted by molar-refractivity contribution is 6.31. The lowest BCUT2D eigenvalue weighted by Gasteiger charge is -2.45. The van der Waals surface area contributed by atoms with Gasteiger partial charge in [-0.1, -0.05) is 96.7 Å². The average molecular weight is 1510 g/mol. The van der Waals surface area contributed by atoms with Crippen LogP contribution in [-0.2, 0) is 70.1 Å². The lowest BCUT2D eigenvalue weighted by molar-refractivity contribution is -0.160. The molecule has 2 aliphatic carbocycles. The number of likely N-dealkylation sites (N-methyl/N-ethyl adjacent to an activating group) is 7. The molecule has 25 nitrogen and oxygen atoms in total. The quantitative estimate of drug-likeness (QED) is 0.204. The first-order valence-corrected chi connectivity index (χ1v) is 37.9. The molecule has 0 bridgehead atoms. The van der Waals surface area contributed by atoms with Gasteiger partial charge in [0.25, 0.3) is 5.92 Å². The fourth-order valence-corrected chi connectivity index (χ4v) is 16.1. The molecule has 4 heterocycles. The summed E-state index contributed by atoms with van der Waals surface area (Å²) in [5.74, 6) is -13.0. The molecule has 1 spiro atoms. The average Bonchev–Trinajstić information content (AvgIpc) is 1.42. The van der Waals surface area contributed by atoms with Gasteiger partial charge in [-0.15, -0.1) is 0 Å². The molecule has 6 fully saturated rings. The summed E-state index contributed by atoms with van der Waals surface area (Å²) in [5, 5.41) is 7.86. The summed E-state index contributed by atoms with van der Waals surface area (Å²) in [6, 6.07) is -8.94. The Morgan fingerprint density at radius 1 is 0.638 bits per heavy atom. The molecule has 4 saturated heterocycles. The Hall–Kier alpha value is -7.24. The number of nitrogens with zero attached hydrogens (tertiary/aromatic N) is 10. The van der Waals surface area contributed by atoms with E-state index in [9.17, 15) is 46.7 Å². The number of hydrogen-bond donors (Lipinski definition) is 3. The van der Waals surface area contributed by atoms with Crippen LogP contribution < -0.4 is 16.0 Å². The summed E-state index contributed by atoms with van der Waals surface area (Å²) in [6.07, 6.45) is 1.42. The van der Waals surface area contributed by atoms with Gasteiger partial charge in [0, 0.05) is 81.9 Å². The van der Waals surface area contributed by atoms with Gasteiger partial charge in [-0.05, 0) is 126 Å². The summed E-state index contributed by atoms with van der Waals surface area (Å²) in [7, 11) is 9.54. The molecule has 10 atom stereocenters. The van der Waals surface area contributed by atoms with E-state index in [0.717, 1.165) is 76.3 Å². The molecule has 7 rings (SSSR count). The van der Waals surface area contributed by atoms with Gasteiger partial charge in [0.1, 0.15) is 59.9 Å². The lowest BCUT2D eigenvalue weighted by Crippen LogP contribution is -2.65. The van der Waals surface area contributed by atoms with Crippen LogP contribution in [0.2, 0.25) is 5.02 Å². The Bertz CT molecular complexity index is 3310. The maximum Gasteiger partial charge on any atom is 0.417 e. The number of carbonyl (C=O) groups is 12. The van der Waals surface area contributed by atoms with E-state index in [2.05, 4.69) is 16.0 Å². The van der Waals surface area contributed by atoms with Crippen LogP contribution in [0.15, 0.2) is 18.2 Å². The number of fused-ring (bicyclic) bond motifs is 1. The molecule has 4 aliphatic heterocycles. The van der Waals surface area contributed by atoms with E-state index in [1.54, 1.807) is 25.7 Å². The minimum atomic E-state index is -4.82. The molecular formula is C74H113ClF5N13O12. The van der Waals surface area contributed by atoms with Crippen molar-refractivity contribution in [2.24, 2.45) is 17.8 Å². The molecule has 0 radical (unpaired) electrons. The van der Waals surface area contributed by atoms with Crippen molar-refractivity contribution in [1.82, 2.24) is 64.9 Å². The number of halogens is 6. The number of hydrogen-bond acceptors (Lipinski definition) is 13. The van der Waals surface area contributed by atoms with E-state index in [1.807, 2.05) is 6.92 Å². The molecule has 1 aromatic carbocycles. The van der Waals surface area contributed by atoms with Crippen molar-refractivity contribution in [1.29, 1.82) is 0 Å². The number of alkyl halides is 5. The molecule has 3 N–H and O–H groups in total. The number of piperidine rings is 2. The van der Waals surface area contributed by atoms with Crippen LogP contribution in [-0.4, -0.2) is 281 Å². The van der Waals surface area contributed by atoms with Gasteiger partial charge in [0.15, 0.2) is 0 Å². The third-order valence-corrected chi connectivity index (χ3v) is 23.4. The second-order valence-electron chi connectivity index (χ2n) is 30.8. The second-order valence-corrected chi connectivity index (χ2v) is 31.2. The zero-order valence-electron chi connectivity index (χ0n) is 63.6. The summed E-state index contributed by atoms with van der Waals surface area (Å²) < 4.78 is 72.1. The lowest BCUT2D eigenvalue weighted by atomic mass is 9.84. The SMILES string of the molecule is CC[C@H](C)[C@@H]1NC(=O)[C@H](C)N(C)C(=O)C[C@@H](C(=O)N2CCCCC2)N(C)C(=O)[C@H](C(C)C)N(C)C(=O)C2(CCCC2)NC(=O)[C@H](CCN2CCCC(F)(F)C2)N(C)C(=O)[C@H](CCc2ccc(C(F)(F)F)c(Cl)c2)NC(=O)CN(C)C(=O)[C@H](CC2CCCCC2)N(C)C(=O)[C@@H]2CCN2C(=O)[C@@H](C)N(C)C1=O. The monoisotopic (exact) mass is 1510 g/mol. The van der Waals surface area contributed by atoms with Crippen LogP contribution in [0.3, 0.4) is 0 Å². The van der Waals surface area contributed by atoms with Gasteiger partial charge in [0.05, 0.1) is 30.1 Å². The molecule has 0 unspecified atom stereocenters. The topological polar surface area (TPSA) is 273 Å². The number of likely N-dealkylation sites (tertiary alicyclic amines) is 2. The van der Waals surface area contributed by atoms with Gasteiger partial charge in [-0.3, -0.25) is 62.4 Å². The van der Waals surface area contributed by atoms with Crippen LogP contribution in [0.1, 0.15) is 181 Å². The predicted molar refractivity (Wildman–Crippen MR) is 382 cm³/mol. The van der Waals surface area contributed by atoms with Crippen LogP contribution in [0.4, 0.5) is 22.0 Å². The van der Waals surface area contributed by atoms with Crippen molar-refractivity contribution in [3.8, 4) is 0 Å². The van der Waals surface area contributed by atoms with E-state index >= 15 is 32.8 Å². The molecule has 588 valence electrons. The van der Waals surface area contributed by atoms with E-state index in [0.29, 0.717) is 45.2 Å². The van der Waals surface area contributed by atoms with Crippen molar-refractivity contribution in [2.45, 2.75) is 248 Å². The Morgan fingerprint density at radius 2 is 1.27 bits per heavy atom. The normalized spacial score (nSPS) is 28.1. The fraction of sp³-hybridized carbons (Fsp3) is 0.757. The molecule has 31 heteroatoms. The number of aryl methyl sites for hydroxylation is 1. The number of benzene rings is 1. The third-order valence-electron chi connectivity index (χ3n) is 23.1. The van der Waals surface area contributed by atoms with E-state index < -0.39 is 185 Å². The first kappa shape index (κ1) is 85.0. The highest BCUT2D eigenvalue weighted by Crippen LogP contribution is 2.38. The number of nitrogens with one attached hydrogen (secondary N) is 3. The molecular weight excluding hydrogens is 1390 g/mol. The van der Waals surface area contributed by atoms with Gasteiger partial charge >= 0.3 is 6.18 Å². The molecule has 2 saturated carbocycles. The second kappa shape index (κ2) is 36.6. The zero-order valence-corrected chi connectivity index (χ0v) is 64.4. The highest BCUT2D eigenvalue weighted by Gasteiger charge is 2.51. The van der Waals surface area contributed by atoms with Crippen LogP contribution in [0, 0.1) is 17.8 Å². The first-order chi connectivity index (χ1) is 49.3. The van der Waals surface area contributed by atoms with Crippen LogP contribution in [0.25, 0.3) is 0 Å². The maximum atomic E-state index is 15.6. The van der Waals surface area contributed by atoms with E-state index in [4.69, 9.17) is 11.6 Å². The van der Waals surface area contributed by atoms with E-state index in [1.165, 1.54) is 87.7 Å². The number of rotatable bonds is 12. The standard InChI is InChI=1S/C74H113ClF5N13O12/c1-14-46(4)60-69(103)86(9)48(6)64(98)93-39-31-55(93)67(101)88(11)56(41-49-24-17-15-18-25-49)66(100)84(7)43-58(94)81-53(29-27-50-26-28-51(52(75)40-50)74(78,79)80)65(99)87(10)54(30-38-91-35-23-34-73(76,77)44-91)63(97)83-72(32-19-20-33-72)71(105)90(13)61(45(2)3)70(104)89(12)57(68(102)92-36-21-16-22-37-92)42-59(95)85(8)47(5)62(96)82-60/h26,28,40,45-49,53-57,60-61H,14-25,27,29-39,41-44H2,1-13H3,(H,81,94)(H,82,96)(H,83,97)/t46-,47-,48+,53-,54-,55-,56-,57-,60-,61-/m0/s1. The molecule has 6 aliphatic rings. The Balaban J connectivity index is 1.31. The molecule has 1 aromatic rings. The summed E-state index contributed by atoms with van der Waals surface area (Å²) in [4.78, 5) is 193. The zero-order chi connectivity index (χ0) is 77.9. The van der Waals surface area contributed by atoms with Crippen molar-refractivity contribution in [3.63, 3.8) is 0 Å². The Kier molecular flexibility index (Phi) is 29.6. The molecule has 0 aromatic heterocycles. The van der Waals surface area contributed by atoms with E-state index in [-0.39, 0.29) is 88.9 Å².